The molecule has 0 atom stereocenters. The number of nitrogens with zero attached hydrogens (tertiary/aromatic N) is 2. The Bertz CT molecular complexity index is 1290. The number of halogens is 3. The minimum Gasteiger partial charge on any atom is -0.497 e. The van der Waals surface area contributed by atoms with Gasteiger partial charge < -0.3 is 15.2 Å². The highest BCUT2D eigenvalue weighted by Gasteiger charge is 2.40. The molecule has 4 N–H and O–H groups in total. The van der Waals surface area contributed by atoms with Gasteiger partial charge in [0.1, 0.15) is 18.1 Å². The van der Waals surface area contributed by atoms with E-state index in [1.54, 1.807) is 13.3 Å². The van der Waals surface area contributed by atoms with Crippen molar-refractivity contribution in [1.29, 1.82) is 0 Å². The molecule has 0 aliphatic carbocycles. The number of carbonyl (C=O) groups excluding carboxylic acids is 1. The maximum absolute atomic E-state index is 13.4. The Morgan fingerprint density at radius 3 is 2.51 bits per heavy atom. The van der Waals surface area contributed by atoms with Gasteiger partial charge in [0.05, 0.1) is 18.0 Å². The first-order valence-electron chi connectivity index (χ1n) is 12.9. The quantitative estimate of drug-likeness (QED) is 0.189. The van der Waals surface area contributed by atoms with Gasteiger partial charge in [0.2, 0.25) is 5.91 Å². The normalized spacial score (nSPS) is 15.3. The van der Waals surface area contributed by atoms with Gasteiger partial charge in [-0.1, -0.05) is 0 Å². The molecule has 4 rings (SSSR count). The molecule has 8 nitrogen and oxygen atoms in total. The SMILES string of the molecule is COc1ccc2ncc(CN)c(CCCC3(C(=O)NO)CCN(CCOc4cc(F)c(F)c(F)c4)CC3)c2c1. The minimum atomic E-state index is -1.53. The van der Waals surface area contributed by atoms with Crippen molar-refractivity contribution in [1.82, 2.24) is 15.4 Å². The Morgan fingerprint density at radius 2 is 1.87 bits per heavy atom. The molecule has 0 bridgehead atoms. The number of carbonyl (C=O) groups is 1. The third-order valence-electron chi connectivity index (χ3n) is 7.61. The summed E-state index contributed by atoms with van der Waals surface area (Å²) in [5.41, 5.74) is 9.97. The largest absolute Gasteiger partial charge is 0.497 e. The molecule has 1 aliphatic rings. The summed E-state index contributed by atoms with van der Waals surface area (Å²) < 4.78 is 50.7. The fourth-order valence-corrected chi connectivity index (χ4v) is 5.29. The Kier molecular flexibility index (Phi) is 9.26. The fourth-order valence-electron chi connectivity index (χ4n) is 5.29. The van der Waals surface area contributed by atoms with Gasteiger partial charge in [-0.2, -0.15) is 0 Å². The van der Waals surface area contributed by atoms with Crippen molar-refractivity contribution < 1.29 is 32.6 Å². The van der Waals surface area contributed by atoms with E-state index in [9.17, 15) is 23.2 Å². The predicted molar refractivity (Wildman–Crippen MR) is 139 cm³/mol. The molecule has 39 heavy (non-hydrogen) atoms. The van der Waals surface area contributed by atoms with Crippen LogP contribution in [0.5, 0.6) is 11.5 Å². The molecule has 2 heterocycles. The van der Waals surface area contributed by atoms with Gasteiger partial charge in [-0.15, -0.1) is 0 Å². The van der Waals surface area contributed by atoms with E-state index in [1.165, 1.54) is 0 Å². The molecule has 1 amide bonds. The molecule has 1 aliphatic heterocycles. The predicted octanol–water partition coefficient (Wildman–Crippen LogP) is 4.11. The maximum atomic E-state index is 13.4. The lowest BCUT2D eigenvalue weighted by Gasteiger charge is -2.40. The average molecular weight is 547 g/mol. The number of hydrogen-bond donors (Lipinski definition) is 3. The third-order valence-corrected chi connectivity index (χ3v) is 7.61. The highest BCUT2D eigenvalue weighted by Crippen LogP contribution is 2.38. The van der Waals surface area contributed by atoms with E-state index in [-0.39, 0.29) is 12.4 Å². The second-order valence-corrected chi connectivity index (χ2v) is 9.82. The number of piperidine rings is 1. The number of ether oxygens (including phenoxy) is 2. The van der Waals surface area contributed by atoms with Crippen LogP contribution in [0.15, 0.2) is 36.5 Å². The van der Waals surface area contributed by atoms with E-state index in [0.29, 0.717) is 58.3 Å². The molecular weight excluding hydrogens is 513 g/mol. The van der Waals surface area contributed by atoms with Crippen molar-refractivity contribution in [3.05, 3.63) is 65.1 Å². The minimum absolute atomic E-state index is 0.0875. The molecule has 0 unspecified atom stereocenters. The zero-order valence-electron chi connectivity index (χ0n) is 21.8. The number of benzene rings is 2. The Balaban J connectivity index is 1.37. The summed E-state index contributed by atoms with van der Waals surface area (Å²) in [7, 11) is 1.61. The first-order valence-corrected chi connectivity index (χ1v) is 12.9. The maximum Gasteiger partial charge on any atom is 0.249 e. The standard InChI is InChI=1S/C28H33F3N4O4/c1-38-19-4-5-25-22(13-19)21(18(16-32)17-33-25)3-2-6-28(27(36)34-37)7-9-35(10-8-28)11-12-39-20-14-23(29)26(31)24(30)15-20/h4-5,13-15,17,37H,2-3,6-12,16,32H2,1H3,(H,34,36). The number of aryl methyl sites for hydroxylation is 1. The summed E-state index contributed by atoms with van der Waals surface area (Å²) in [5.74, 6) is -3.91. The molecule has 3 aromatic rings. The van der Waals surface area contributed by atoms with Crippen molar-refractivity contribution in [3.63, 3.8) is 0 Å². The average Bonchev–Trinajstić information content (AvgIpc) is 2.96. The van der Waals surface area contributed by atoms with E-state index in [4.69, 9.17) is 15.2 Å². The van der Waals surface area contributed by atoms with Crippen molar-refractivity contribution in [2.24, 2.45) is 11.1 Å². The second-order valence-electron chi connectivity index (χ2n) is 9.82. The summed E-state index contributed by atoms with van der Waals surface area (Å²) in [5, 5.41) is 10.5. The number of hydroxylamine groups is 1. The van der Waals surface area contributed by atoms with Gasteiger partial charge in [0, 0.05) is 36.8 Å². The molecule has 2 aromatic carbocycles. The summed E-state index contributed by atoms with van der Waals surface area (Å²) >= 11 is 0. The number of methoxy groups -OCH3 is 1. The Labute approximate surface area is 224 Å². The summed E-state index contributed by atoms with van der Waals surface area (Å²) in [6, 6.07) is 7.33. The zero-order valence-corrected chi connectivity index (χ0v) is 21.8. The zero-order chi connectivity index (χ0) is 28.0. The number of fused-ring (bicyclic) bond motifs is 1. The van der Waals surface area contributed by atoms with Crippen LogP contribution in [0.2, 0.25) is 0 Å². The number of nitrogens with two attached hydrogens (primary N) is 1. The van der Waals surface area contributed by atoms with Gasteiger partial charge in [0.15, 0.2) is 17.5 Å². The molecule has 0 spiro atoms. The Hall–Kier alpha value is -3.41. The third kappa shape index (κ3) is 6.43. The summed E-state index contributed by atoms with van der Waals surface area (Å²) in [6.45, 7) is 2.09. The van der Waals surface area contributed by atoms with E-state index in [1.807, 2.05) is 23.7 Å². The van der Waals surface area contributed by atoms with E-state index in [2.05, 4.69) is 9.88 Å². The molecule has 1 fully saturated rings. The van der Waals surface area contributed by atoms with Gasteiger partial charge in [-0.3, -0.25) is 19.9 Å². The number of likely N-dealkylation sites (tertiary alicyclic amines) is 1. The number of hydrogen-bond acceptors (Lipinski definition) is 7. The number of pyridine rings is 1. The van der Waals surface area contributed by atoms with Crippen LogP contribution in [0.4, 0.5) is 13.2 Å². The van der Waals surface area contributed by atoms with Crippen molar-refractivity contribution >= 4 is 16.8 Å². The molecule has 1 saturated heterocycles. The number of amides is 1. The number of rotatable bonds is 11. The molecule has 11 heteroatoms. The van der Waals surface area contributed by atoms with Crippen LogP contribution in [0.25, 0.3) is 10.9 Å². The lowest BCUT2D eigenvalue weighted by molar-refractivity contribution is -0.143. The van der Waals surface area contributed by atoms with Gasteiger partial charge in [0.25, 0.3) is 0 Å². The molecule has 0 saturated carbocycles. The number of nitrogens with one attached hydrogen (secondary N) is 1. The first-order chi connectivity index (χ1) is 18.8. The van der Waals surface area contributed by atoms with Crippen LogP contribution in [0, 0.1) is 22.9 Å². The molecule has 1 aromatic heterocycles. The lowest BCUT2D eigenvalue weighted by Crippen LogP contribution is -2.49. The van der Waals surface area contributed by atoms with Crippen molar-refractivity contribution in [2.75, 3.05) is 33.4 Å². The van der Waals surface area contributed by atoms with Gasteiger partial charge >= 0.3 is 0 Å². The van der Waals surface area contributed by atoms with E-state index >= 15 is 0 Å². The van der Waals surface area contributed by atoms with Crippen LogP contribution >= 0.6 is 0 Å². The monoisotopic (exact) mass is 546 g/mol. The molecular formula is C28H33F3N4O4. The first kappa shape index (κ1) is 28.6. The highest BCUT2D eigenvalue weighted by atomic mass is 19.2. The highest BCUT2D eigenvalue weighted by molar-refractivity contribution is 5.84. The van der Waals surface area contributed by atoms with E-state index < -0.39 is 28.8 Å². The van der Waals surface area contributed by atoms with Crippen molar-refractivity contribution in [3.8, 4) is 11.5 Å². The van der Waals surface area contributed by atoms with Gasteiger partial charge in [-0.05, 0) is 74.5 Å². The van der Waals surface area contributed by atoms with Gasteiger partial charge in [-0.25, -0.2) is 18.7 Å². The van der Waals surface area contributed by atoms with E-state index in [0.717, 1.165) is 39.9 Å². The summed E-state index contributed by atoms with van der Waals surface area (Å²) in [6.07, 6.45) is 4.77. The smallest absolute Gasteiger partial charge is 0.249 e. The van der Waals surface area contributed by atoms with Crippen molar-refractivity contribution in [2.45, 2.75) is 38.6 Å². The van der Waals surface area contributed by atoms with Crippen LogP contribution in [0.1, 0.15) is 36.8 Å². The number of aromatic nitrogens is 1. The molecule has 0 radical (unpaired) electrons. The Morgan fingerprint density at radius 1 is 1.15 bits per heavy atom. The molecule has 210 valence electrons. The van der Waals surface area contributed by atoms with Crippen LogP contribution in [-0.4, -0.2) is 54.3 Å². The topological polar surface area (TPSA) is 110 Å². The lowest BCUT2D eigenvalue weighted by atomic mass is 9.73. The second kappa shape index (κ2) is 12.6. The van der Waals surface area contributed by atoms with Crippen LogP contribution < -0.4 is 20.7 Å². The van der Waals surface area contributed by atoms with Crippen LogP contribution in [-0.2, 0) is 17.8 Å². The fraction of sp³-hybridized carbons (Fsp3) is 0.429. The summed E-state index contributed by atoms with van der Waals surface area (Å²) in [4.78, 5) is 19.4. The van der Waals surface area contributed by atoms with Crippen LogP contribution in [0.3, 0.4) is 0 Å².